The third-order valence-corrected chi connectivity index (χ3v) is 3.16. The lowest BCUT2D eigenvalue weighted by Gasteiger charge is -2.16. The van der Waals surface area contributed by atoms with Gasteiger partial charge in [0.15, 0.2) is 0 Å². The lowest BCUT2D eigenvalue weighted by Crippen LogP contribution is -2.18. The van der Waals surface area contributed by atoms with E-state index in [9.17, 15) is 4.79 Å². The molecule has 0 aromatic heterocycles. The van der Waals surface area contributed by atoms with Gasteiger partial charge in [-0.1, -0.05) is 32.0 Å². The molecule has 0 aliphatic rings. The summed E-state index contributed by atoms with van der Waals surface area (Å²) in [6.45, 7) is 6.42. The zero-order valence-electron chi connectivity index (χ0n) is 13.1. The Balaban J connectivity index is 2.92. The number of benzene rings is 1. The highest BCUT2D eigenvalue weighted by Gasteiger charge is 2.14. The second-order valence-corrected chi connectivity index (χ2v) is 5.18. The second kappa shape index (κ2) is 8.49. The van der Waals surface area contributed by atoms with Crippen molar-refractivity contribution >= 4 is 11.6 Å². The van der Waals surface area contributed by atoms with Gasteiger partial charge in [-0.2, -0.15) is 10.5 Å². The molecule has 1 amide bonds. The summed E-state index contributed by atoms with van der Waals surface area (Å²) in [5, 5.41) is 23.2. The fourth-order valence-electron chi connectivity index (χ4n) is 1.97. The molecule has 2 N–H and O–H groups in total. The molecule has 0 saturated carbocycles. The monoisotopic (exact) mass is 296 g/mol. The van der Waals surface area contributed by atoms with E-state index in [1.54, 1.807) is 0 Å². The molecule has 0 aliphatic heterocycles. The Kier molecular flexibility index (Phi) is 6.66. The summed E-state index contributed by atoms with van der Waals surface area (Å²) in [6, 6.07) is 9.69. The fraction of sp³-hybridized carbons (Fsp3) is 0.353. The molecule has 1 rings (SSSR count). The summed E-state index contributed by atoms with van der Waals surface area (Å²) >= 11 is 0. The number of anilines is 1. The molecule has 0 atom stereocenters. The van der Waals surface area contributed by atoms with E-state index >= 15 is 0 Å². The maximum Gasteiger partial charge on any atom is 0.267 e. The van der Waals surface area contributed by atoms with Crippen LogP contribution in [0.4, 0.5) is 5.69 Å². The Morgan fingerprint density at radius 2 is 2.09 bits per heavy atom. The highest BCUT2D eigenvalue weighted by atomic mass is 16.1. The maximum absolute atomic E-state index is 12.2. The minimum atomic E-state index is -0.455. The van der Waals surface area contributed by atoms with Gasteiger partial charge in [-0.25, -0.2) is 0 Å². The van der Waals surface area contributed by atoms with Crippen LogP contribution in [0.3, 0.4) is 0 Å². The van der Waals surface area contributed by atoms with Gasteiger partial charge in [0.1, 0.15) is 11.6 Å². The van der Waals surface area contributed by atoms with Crippen LogP contribution in [0.5, 0.6) is 0 Å². The summed E-state index contributed by atoms with van der Waals surface area (Å²) in [7, 11) is 0. The minimum Gasteiger partial charge on any atom is -0.389 e. The molecule has 0 bridgehead atoms. The van der Waals surface area contributed by atoms with Crippen molar-refractivity contribution in [2.24, 2.45) is 0 Å². The largest absolute Gasteiger partial charge is 0.389 e. The van der Waals surface area contributed by atoms with Crippen LogP contribution in [0.15, 0.2) is 30.0 Å². The number of nitrogens with one attached hydrogen (secondary N) is 2. The third-order valence-electron chi connectivity index (χ3n) is 3.16. The number of hydrogen-bond acceptors (Lipinski definition) is 4. The molecule has 114 valence electrons. The van der Waals surface area contributed by atoms with Gasteiger partial charge in [-0.3, -0.25) is 4.79 Å². The van der Waals surface area contributed by atoms with Crippen molar-refractivity contribution in [3.05, 3.63) is 41.1 Å². The van der Waals surface area contributed by atoms with Gasteiger partial charge < -0.3 is 10.6 Å². The first-order chi connectivity index (χ1) is 10.5. The van der Waals surface area contributed by atoms with E-state index < -0.39 is 5.91 Å². The molecule has 0 aliphatic carbocycles. The normalized spacial score (nSPS) is 10.7. The maximum atomic E-state index is 12.2. The first-order valence-electron chi connectivity index (χ1n) is 7.12. The molecular formula is C17H20N4O. The highest BCUT2D eigenvalue weighted by Crippen LogP contribution is 2.27. The number of carbonyl (C=O) groups excluding carboxylic acids is 1. The molecule has 0 radical (unpaired) electrons. The van der Waals surface area contributed by atoms with Gasteiger partial charge in [0, 0.05) is 18.4 Å². The number of rotatable bonds is 6. The Hall–Kier alpha value is -2.79. The summed E-state index contributed by atoms with van der Waals surface area (Å²) < 4.78 is 0. The summed E-state index contributed by atoms with van der Waals surface area (Å²) in [4.78, 5) is 12.2. The number of nitrogens with zero attached hydrogens (tertiary/aromatic N) is 2. The minimum absolute atomic E-state index is 0.0177. The van der Waals surface area contributed by atoms with Crippen LogP contribution in [0.2, 0.25) is 0 Å². The first-order valence-corrected chi connectivity index (χ1v) is 7.12. The van der Waals surface area contributed by atoms with E-state index in [-0.39, 0.29) is 11.5 Å². The Bertz CT molecular complexity index is 648. The van der Waals surface area contributed by atoms with E-state index in [2.05, 4.69) is 24.5 Å². The van der Waals surface area contributed by atoms with Crippen molar-refractivity contribution in [3.8, 4) is 12.1 Å². The molecule has 1 aromatic rings. The highest BCUT2D eigenvalue weighted by molar-refractivity contribution is 6.07. The lowest BCUT2D eigenvalue weighted by molar-refractivity contribution is -0.112. The summed E-state index contributed by atoms with van der Waals surface area (Å²) in [5.74, 6) is -0.193. The molecule has 0 saturated heterocycles. The summed E-state index contributed by atoms with van der Waals surface area (Å²) in [5.41, 5.74) is 2.72. The molecule has 22 heavy (non-hydrogen) atoms. The van der Waals surface area contributed by atoms with Crippen LogP contribution in [-0.2, 0) is 4.79 Å². The van der Waals surface area contributed by atoms with E-state index in [4.69, 9.17) is 10.5 Å². The van der Waals surface area contributed by atoms with Crippen LogP contribution in [0.1, 0.15) is 37.3 Å². The van der Waals surface area contributed by atoms with Crippen molar-refractivity contribution in [1.29, 1.82) is 10.5 Å². The van der Waals surface area contributed by atoms with Gasteiger partial charge in [-0.15, -0.1) is 0 Å². The Labute approximate surface area is 131 Å². The van der Waals surface area contributed by atoms with Crippen LogP contribution in [0, 0.1) is 29.6 Å². The van der Waals surface area contributed by atoms with Crippen LogP contribution >= 0.6 is 0 Å². The van der Waals surface area contributed by atoms with E-state index in [1.807, 2.05) is 37.3 Å². The van der Waals surface area contributed by atoms with Gasteiger partial charge in [0.25, 0.3) is 5.91 Å². The zero-order chi connectivity index (χ0) is 16.5. The number of nitriles is 2. The van der Waals surface area contributed by atoms with Crippen molar-refractivity contribution in [2.45, 2.75) is 33.1 Å². The molecule has 5 heteroatoms. The van der Waals surface area contributed by atoms with Gasteiger partial charge in [0.2, 0.25) is 0 Å². The number of hydrogen-bond donors (Lipinski definition) is 2. The molecule has 1 aromatic carbocycles. The number of carbonyl (C=O) groups is 1. The molecule has 5 nitrogen and oxygen atoms in total. The number of para-hydroxylation sites is 1. The standard InChI is InChI=1S/C17H20N4O/c1-12(2)15-7-4-6-13(3)16(15)21-17(22)14(10-19)11-20-9-5-8-18/h4,6-7,11-12,20H,5,9H2,1-3H3,(H,21,22)/b14-11-. The second-order valence-electron chi connectivity index (χ2n) is 5.18. The van der Waals surface area contributed by atoms with Crippen molar-refractivity contribution < 1.29 is 4.79 Å². The van der Waals surface area contributed by atoms with Crippen LogP contribution in [0.25, 0.3) is 0 Å². The van der Waals surface area contributed by atoms with Crippen molar-refractivity contribution in [1.82, 2.24) is 5.32 Å². The quantitative estimate of drug-likeness (QED) is 0.480. The zero-order valence-corrected chi connectivity index (χ0v) is 13.1. The number of amides is 1. The van der Waals surface area contributed by atoms with Gasteiger partial charge >= 0.3 is 0 Å². The van der Waals surface area contributed by atoms with E-state index in [0.717, 1.165) is 16.8 Å². The predicted octanol–water partition coefficient (Wildman–Crippen LogP) is 2.97. The molecular weight excluding hydrogens is 276 g/mol. The smallest absolute Gasteiger partial charge is 0.267 e. The third kappa shape index (κ3) is 4.64. The first kappa shape index (κ1) is 17.3. The molecule has 0 fully saturated rings. The van der Waals surface area contributed by atoms with Gasteiger partial charge in [0.05, 0.1) is 12.5 Å². The molecule has 0 heterocycles. The van der Waals surface area contributed by atoms with E-state index in [1.165, 1.54) is 6.20 Å². The van der Waals surface area contributed by atoms with Gasteiger partial charge in [-0.05, 0) is 24.0 Å². The number of aryl methyl sites for hydroxylation is 1. The van der Waals surface area contributed by atoms with E-state index in [0.29, 0.717) is 13.0 Å². The molecule has 0 unspecified atom stereocenters. The Morgan fingerprint density at radius 3 is 2.68 bits per heavy atom. The van der Waals surface area contributed by atoms with Crippen molar-refractivity contribution in [3.63, 3.8) is 0 Å². The Morgan fingerprint density at radius 1 is 1.36 bits per heavy atom. The summed E-state index contributed by atoms with van der Waals surface area (Å²) in [6.07, 6.45) is 1.66. The van der Waals surface area contributed by atoms with Crippen molar-refractivity contribution in [2.75, 3.05) is 11.9 Å². The lowest BCUT2D eigenvalue weighted by atomic mass is 9.98. The average molecular weight is 296 g/mol. The van der Waals surface area contributed by atoms with Crippen LogP contribution in [-0.4, -0.2) is 12.5 Å². The fourth-order valence-corrected chi connectivity index (χ4v) is 1.97. The SMILES string of the molecule is Cc1cccc(C(C)C)c1NC(=O)/C(C#N)=C\NCCC#N. The predicted molar refractivity (Wildman–Crippen MR) is 85.8 cm³/mol. The van der Waals surface area contributed by atoms with Crippen LogP contribution < -0.4 is 10.6 Å². The topological polar surface area (TPSA) is 88.7 Å². The molecule has 0 spiro atoms. The average Bonchev–Trinajstić information content (AvgIpc) is 2.49.